The van der Waals surface area contributed by atoms with Gasteiger partial charge in [-0.3, -0.25) is 4.68 Å². The molecule has 3 heteroatoms. The van der Waals surface area contributed by atoms with Crippen LogP contribution in [0.3, 0.4) is 0 Å². The SMILES string of the molecule is CNC(C)c1cnn(CC2C3CC4CC(C3)CC2C4)c1. The van der Waals surface area contributed by atoms with Gasteiger partial charge in [-0.05, 0) is 75.7 Å². The lowest BCUT2D eigenvalue weighted by Gasteiger charge is -2.54. The topological polar surface area (TPSA) is 29.9 Å². The monoisotopic (exact) mass is 273 g/mol. The quantitative estimate of drug-likeness (QED) is 0.912. The Hall–Kier alpha value is -0.830. The second-order valence-electron chi connectivity index (χ2n) is 7.60. The Labute approximate surface area is 122 Å². The third-order valence-electron chi connectivity index (χ3n) is 6.41. The fourth-order valence-electron chi connectivity index (χ4n) is 5.42. The molecule has 0 aromatic carbocycles. The first-order valence-electron chi connectivity index (χ1n) is 8.42. The smallest absolute Gasteiger partial charge is 0.0537 e. The van der Waals surface area contributed by atoms with Crippen molar-refractivity contribution in [2.75, 3.05) is 7.05 Å². The van der Waals surface area contributed by atoms with Crippen LogP contribution in [0.4, 0.5) is 0 Å². The molecule has 20 heavy (non-hydrogen) atoms. The Kier molecular flexibility index (Phi) is 3.13. The van der Waals surface area contributed by atoms with E-state index >= 15 is 0 Å². The number of nitrogens with one attached hydrogen (secondary N) is 1. The van der Waals surface area contributed by atoms with Crippen molar-refractivity contribution in [2.24, 2.45) is 29.6 Å². The molecule has 1 aromatic rings. The van der Waals surface area contributed by atoms with E-state index in [4.69, 9.17) is 0 Å². The number of aromatic nitrogens is 2. The average molecular weight is 273 g/mol. The summed E-state index contributed by atoms with van der Waals surface area (Å²) in [6, 6.07) is 0.405. The predicted octanol–water partition coefficient (Wildman–Crippen LogP) is 3.24. The summed E-state index contributed by atoms with van der Waals surface area (Å²) in [7, 11) is 2.01. The van der Waals surface area contributed by atoms with Crippen LogP contribution in [0.25, 0.3) is 0 Å². The number of hydrogen-bond donors (Lipinski definition) is 1. The molecule has 5 rings (SSSR count). The summed E-state index contributed by atoms with van der Waals surface area (Å²) in [6.45, 7) is 3.36. The minimum absolute atomic E-state index is 0.405. The van der Waals surface area contributed by atoms with Gasteiger partial charge in [0.05, 0.1) is 6.20 Å². The van der Waals surface area contributed by atoms with E-state index in [-0.39, 0.29) is 0 Å². The predicted molar refractivity (Wildman–Crippen MR) is 80.2 cm³/mol. The van der Waals surface area contributed by atoms with Crippen LogP contribution in [-0.2, 0) is 6.54 Å². The van der Waals surface area contributed by atoms with Gasteiger partial charge < -0.3 is 5.32 Å². The molecule has 0 radical (unpaired) electrons. The zero-order chi connectivity index (χ0) is 13.7. The molecule has 1 heterocycles. The molecule has 0 spiro atoms. The fraction of sp³-hybridized carbons (Fsp3) is 0.824. The van der Waals surface area contributed by atoms with E-state index < -0.39 is 0 Å². The highest BCUT2D eigenvalue weighted by molar-refractivity contribution is 5.09. The van der Waals surface area contributed by atoms with Crippen LogP contribution in [-0.4, -0.2) is 16.8 Å². The molecule has 3 nitrogen and oxygen atoms in total. The molecule has 0 amide bonds. The van der Waals surface area contributed by atoms with Gasteiger partial charge >= 0.3 is 0 Å². The Morgan fingerprint density at radius 3 is 2.45 bits per heavy atom. The molecular formula is C17H27N3. The number of nitrogens with zero attached hydrogens (tertiary/aromatic N) is 2. The largest absolute Gasteiger partial charge is 0.313 e. The maximum absolute atomic E-state index is 4.61. The van der Waals surface area contributed by atoms with Crippen molar-refractivity contribution in [2.45, 2.75) is 51.6 Å². The first kappa shape index (κ1) is 12.9. The maximum Gasteiger partial charge on any atom is 0.0537 e. The summed E-state index contributed by atoms with van der Waals surface area (Å²) in [4.78, 5) is 0. The maximum atomic E-state index is 4.61. The van der Waals surface area contributed by atoms with E-state index in [2.05, 4.69) is 28.2 Å². The van der Waals surface area contributed by atoms with E-state index in [1.807, 2.05) is 13.2 Å². The van der Waals surface area contributed by atoms with Gasteiger partial charge in [-0.15, -0.1) is 0 Å². The van der Waals surface area contributed by atoms with E-state index in [0.717, 1.165) is 36.1 Å². The van der Waals surface area contributed by atoms with Gasteiger partial charge in [-0.1, -0.05) is 0 Å². The highest BCUT2D eigenvalue weighted by atomic mass is 15.3. The van der Waals surface area contributed by atoms with Crippen LogP contribution in [0, 0.1) is 29.6 Å². The molecule has 4 bridgehead atoms. The molecule has 4 aliphatic carbocycles. The first-order valence-corrected chi connectivity index (χ1v) is 8.42. The Morgan fingerprint density at radius 2 is 1.85 bits per heavy atom. The first-order chi connectivity index (χ1) is 9.72. The van der Waals surface area contributed by atoms with Crippen LogP contribution in [0.1, 0.15) is 50.6 Å². The van der Waals surface area contributed by atoms with Crippen molar-refractivity contribution in [1.82, 2.24) is 15.1 Å². The molecule has 1 aromatic heterocycles. The van der Waals surface area contributed by atoms with Gasteiger partial charge in [0.25, 0.3) is 0 Å². The molecular weight excluding hydrogens is 246 g/mol. The van der Waals surface area contributed by atoms with Crippen molar-refractivity contribution < 1.29 is 0 Å². The molecule has 4 saturated carbocycles. The lowest BCUT2D eigenvalue weighted by Crippen LogP contribution is -2.46. The third kappa shape index (κ3) is 2.11. The second-order valence-corrected chi connectivity index (χ2v) is 7.60. The van der Waals surface area contributed by atoms with Gasteiger partial charge in [0.2, 0.25) is 0 Å². The van der Waals surface area contributed by atoms with Gasteiger partial charge in [0.1, 0.15) is 0 Å². The Morgan fingerprint density at radius 1 is 1.20 bits per heavy atom. The minimum atomic E-state index is 0.405. The van der Waals surface area contributed by atoms with E-state index in [0.29, 0.717) is 6.04 Å². The zero-order valence-electron chi connectivity index (χ0n) is 12.8. The standard InChI is InChI=1S/C17H27N3/c1-11(18-2)16-8-19-20(9-16)10-17-14-4-12-3-13(6-14)7-15(17)5-12/h8-9,11-15,17-18H,3-7,10H2,1-2H3. The van der Waals surface area contributed by atoms with Crippen molar-refractivity contribution in [1.29, 1.82) is 0 Å². The molecule has 1 atom stereocenters. The van der Waals surface area contributed by atoms with Crippen molar-refractivity contribution in [3.8, 4) is 0 Å². The van der Waals surface area contributed by atoms with Crippen LogP contribution in [0.2, 0.25) is 0 Å². The van der Waals surface area contributed by atoms with E-state index in [1.165, 1.54) is 31.2 Å². The summed E-state index contributed by atoms with van der Waals surface area (Å²) in [5, 5.41) is 7.91. The summed E-state index contributed by atoms with van der Waals surface area (Å²) in [5.74, 6) is 5.05. The molecule has 4 aliphatic rings. The van der Waals surface area contributed by atoms with Gasteiger partial charge in [0, 0.05) is 24.3 Å². The Bertz CT molecular complexity index is 450. The van der Waals surface area contributed by atoms with Crippen LogP contribution >= 0.6 is 0 Å². The van der Waals surface area contributed by atoms with E-state index in [1.54, 1.807) is 6.42 Å². The number of rotatable bonds is 4. The molecule has 0 aliphatic heterocycles. The molecule has 110 valence electrons. The summed E-state index contributed by atoms with van der Waals surface area (Å²) >= 11 is 0. The van der Waals surface area contributed by atoms with Crippen molar-refractivity contribution in [3.63, 3.8) is 0 Å². The molecule has 0 saturated heterocycles. The Balaban J connectivity index is 1.48. The summed E-state index contributed by atoms with van der Waals surface area (Å²) in [6.07, 6.45) is 11.9. The van der Waals surface area contributed by atoms with Gasteiger partial charge in [0.15, 0.2) is 0 Å². The van der Waals surface area contributed by atoms with Crippen LogP contribution < -0.4 is 5.32 Å². The number of hydrogen-bond acceptors (Lipinski definition) is 2. The second kappa shape index (κ2) is 4.87. The fourth-order valence-corrected chi connectivity index (χ4v) is 5.42. The highest BCUT2D eigenvalue weighted by Crippen LogP contribution is 2.56. The summed E-state index contributed by atoms with van der Waals surface area (Å²) in [5.41, 5.74) is 1.32. The molecule has 1 unspecified atom stereocenters. The van der Waals surface area contributed by atoms with E-state index in [9.17, 15) is 0 Å². The van der Waals surface area contributed by atoms with Gasteiger partial charge in [-0.2, -0.15) is 5.10 Å². The van der Waals surface area contributed by atoms with Crippen LogP contribution in [0.15, 0.2) is 12.4 Å². The lowest BCUT2D eigenvalue weighted by molar-refractivity contribution is -0.0442. The zero-order valence-corrected chi connectivity index (χ0v) is 12.8. The minimum Gasteiger partial charge on any atom is -0.313 e. The normalized spacial score (nSPS) is 40.2. The van der Waals surface area contributed by atoms with Crippen molar-refractivity contribution in [3.05, 3.63) is 18.0 Å². The van der Waals surface area contributed by atoms with Crippen LogP contribution in [0.5, 0.6) is 0 Å². The average Bonchev–Trinajstić information content (AvgIpc) is 2.90. The third-order valence-corrected chi connectivity index (χ3v) is 6.41. The lowest BCUT2D eigenvalue weighted by atomic mass is 9.52. The summed E-state index contributed by atoms with van der Waals surface area (Å²) < 4.78 is 2.22. The van der Waals surface area contributed by atoms with Gasteiger partial charge in [-0.25, -0.2) is 0 Å². The molecule has 1 N–H and O–H groups in total. The van der Waals surface area contributed by atoms with Crippen molar-refractivity contribution >= 4 is 0 Å². The molecule has 4 fully saturated rings. The highest BCUT2D eigenvalue weighted by Gasteiger charge is 2.48.